The van der Waals surface area contributed by atoms with Crippen molar-refractivity contribution in [2.24, 2.45) is 0 Å². The van der Waals surface area contributed by atoms with Crippen molar-refractivity contribution in [3.63, 3.8) is 0 Å². The molecule has 0 aliphatic heterocycles. The van der Waals surface area contributed by atoms with E-state index in [1.165, 1.54) is 75.7 Å². The molecular formula is C19H37N. The Morgan fingerprint density at radius 3 is 1.85 bits per heavy atom. The highest BCUT2D eigenvalue weighted by Gasteiger charge is 2.00. The van der Waals surface area contributed by atoms with Crippen molar-refractivity contribution in [3.05, 3.63) is 23.3 Å². The highest BCUT2D eigenvalue weighted by atomic mass is 15.1. The average molecular weight is 280 g/mol. The predicted octanol–water partition coefficient (Wildman–Crippen LogP) is 5.97. The lowest BCUT2D eigenvalue weighted by Gasteiger charge is -2.19. The standard InChI is InChI=1S/C19H37N/c1-6-9-10-12-18(4)14-15-19(5)13-11-17-20(8-3)16-7-2/h14-15H,6-13,16-17H2,1-5H3/b18-14+,19-15+. The van der Waals surface area contributed by atoms with Crippen LogP contribution in [0.2, 0.25) is 0 Å². The van der Waals surface area contributed by atoms with Gasteiger partial charge >= 0.3 is 0 Å². The number of allylic oxidation sites excluding steroid dienone is 4. The van der Waals surface area contributed by atoms with Crippen LogP contribution in [-0.2, 0) is 0 Å². The van der Waals surface area contributed by atoms with E-state index in [1.807, 2.05) is 0 Å². The molecule has 0 saturated heterocycles. The molecule has 0 amide bonds. The Balaban J connectivity index is 3.91. The summed E-state index contributed by atoms with van der Waals surface area (Å²) in [5, 5.41) is 0. The van der Waals surface area contributed by atoms with Crippen LogP contribution in [0.15, 0.2) is 23.3 Å². The first-order valence-corrected chi connectivity index (χ1v) is 8.69. The smallest absolute Gasteiger partial charge is 0.00158 e. The lowest BCUT2D eigenvalue weighted by molar-refractivity contribution is 0.285. The summed E-state index contributed by atoms with van der Waals surface area (Å²) in [7, 11) is 0. The summed E-state index contributed by atoms with van der Waals surface area (Å²) in [5.41, 5.74) is 3.05. The molecule has 0 spiro atoms. The van der Waals surface area contributed by atoms with Gasteiger partial charge in [-0.1, -0.05) is 56.9 Å². The molecule has 118 valence electrons. The zero-order valence-electron chi connectivity index (χ0n) is 14.7. The van der Waals surface area contributed by atoms with Gasteiger partial charge in [-0.2, -0.15) is 0 Å². The van der Waals surface area contributed by atoms with Crippen molar-refractivity contribution in [2.45, 2.75) is 79.6 Å². The van der Waals surface area contributed by atoms with Crippen LogP contribution in [0.3, 0.4) is 0 Å². The molecule has 0 aliphatic rings. The third-order valence-electron chi connectivity index (χ3n) is 3.86. The van der Waals surface area contributed by atoms with Crippen LogP contribution < -0.4 is 0 Å². The van der Waals surface area contributed by atoms with Gasteiger partial charge < -0.3 is 4.90 Å². The molecule has 0 aliphatic carbocycles. The Morgan fingerprint density at radius 1 is 0.750 bits per heavy atom. The summed E-state index contributed by atoms with van der Waals surface area (Å²) in [6.45, 7) is 15.0. The Labute approximate surface area is 128 Å². The van der Waals surface area contributed by atoms with Gasteiger partial charge in [-0.15, -0.1) is 0 Å². The molecule has 0 atom stereocenters. The molecule has 1 nitrogen and oxygen atoms in total. The Morgan fingerprint density at radius 2 is 1.35 bits per heavy atom. The van der Waals surface area contributed by atoms with Gasteiger partial charge in [-0.3, -0.25) is 0 Å². The van der Waals surface area contributed by atoms with E-state index in [2.05, 4.69) is 51.7 Å². The molecule has 0 bridgehead atoms. The maximum Gasteiger partial charge on any atom is -0.00158 e. The van der Waals surface area contributed by atoms with E-state index in [1.54, 1.807) is 0 Å². The highest BCUT2D eigenvalue weighted by molar-refractivity contribution is 5.15. The summed E-state index contributed by atoms with van der Waals surface area (Å²) in [6, 6.07) is 0. The van der Waals surface area contributed by atoms with E-state index in [0.717, 1.165) is 0 Å². The first kappa shape index (κ1) is 19.4. The Kier molecular flexibility index (Phi) is 13.0. The highest BCUT2D eigenvalue weighted by Crippen LogP contribution is 2.11. The van der Waals surface area contributed by atoms with E-state index in [9.17, 15) is 0 Å². The van der Waals surface area contributed by atoms with Crippen molar-refractivity contribution in [1.29, 1.82) is 0 Å². The van der Waals surface area contributed by atoms with Crippen molar-refractivity contribution in [1.82, 2.24) is 4.90 Å². The third kappa shape index (κ3) is 11.3. The number of nitrogens with zero attached hydrogens (tertiary/aromatic N) is 1. The van der Waals surface area contributed by atoms with Gasteiger partial charge in [-0.25, -0.2) is 0 Å². The van der Waals surface area contributed by atoms with E-state index in [-0.39, 0.29) is 0 Å². The molecule has 0 N–H and O–H groups in total. The second kappa shape index (κ2) is 13.4. The summed E-state index contributed by atoms with van der Waals surface area (Å²) in [6.07, 6.45) is 13.7. The zero-order valence-corrected chi connectivity index (χ0v) is 14.7. The van der Waals surface area contributed by atoms with E-state index >= 15 is 0 Å². The second-order valence-corrected chi connectivity index (χ2v) is 6.02. The second-order valence-electron chi connectivity index (χ2n) is 6.02. The van der Waals surface area contributed by atoms with Gasteiger partial charge in [0, 0.05) is 0 Å². The van der Waals surface area contributed by atoms with Crippen LogP contribution in [-0.4, -0.2) is 24.5 Å². The molecule has 0 heterocycles. The largest absolute Gasteiger partial charge is 0.304 e. The number of hydrogen-bond acceptors (Lipinski definition) is 1. The maximum atomic E-state index is 2.55. The minimum Gasteiger partial charge on any atom is -0.304 e. The first-order valence-electron chi connectivity index (χ1n) is 8.69. The van der Waals surface area contributed by atoms with Crippen LogP contribution in [0, 0.1) is 0 Å². The van der Waals surface area contributed by atoms with E-state index < -0.39 is 0 Å². The lowest BCUT2D eigenvalue weighted by Crippen LogP contribution is -2.25. The molecule has 0 aromatic heterocycles. The van der Waals surface area contributed by atoms with E-state index in [4.69, 9.17) is 0 Å². The fourth-order valence-electron chi connectivity index (χ4n) is 2.43. The summed E-state index contributed by atoms with van der Waals surface area (Å²) in [4.78, 5) is 2.55. The van der Waals surface area contributed by atoms with Crippen LogP contribution >= 0.6 is 0 Å². The number of unbranched alkanes of at least 4 members (excludes halogenated alkanes) is 2. The third-order valence-corrected chi connectivity index (χ3v) is 3.86. The average Bonchev–Trinajstić information content (AvgIpc) is 2.44. The molecule has 0 saturated carbocycles. The van der Waals surface area contributed by atoms with Gasteiger partial charge in [0.05, 0.1) is 0 Å². The number of rotatable bonds is 12. The zero-order chi connectivity index (χ0) is 15.2. The Hall–Kier alpha value is -0.560. The van der Waals surface area contributed by atoms with E-state index in [0.29, 0.717) is 0 Å². The SMILES string of the molecule is CCCCC/C(C)=C/C=C(\C)CCCN(CC)CCC. The molecule has 1 heteroatoms. The maximum absolute atomic E-state index is 2.55. The minimum atomic E-state index is 1.19. The summed E-state index contributed by atoms with van der Waals surface area (Å²) in [5.74, 6) is 0. The summed E-state index contributed by atoms with van der Waals surface area (Å²) >= 11 is 0. The minimum absolute atomic E-state index is 1.19. The van der Waals surface area contributed by atoms with Gasteiger partial charge in [0.2, 0.25) is 0 Å². The molecule has 0 rings (SSSR count). The lowest BCUT2D eigenvalue weighted by atomic mass is 10.1. The quantitative estimate of drug-likeness (QED) is 0.314. The van der Waals surface area contributed by atoms with Crippen LogP contribution in [0.4, 0.5) is 0 Å². The topological polar surface area (TPSA) is 3.24 Å². The first-order chi connectivity index (χ1) is 9.63. The van der Waals surface area contributed by atoms with Gasteiger partial charge in [0.25, 0.3) is 0 Å². The van der Waals surface area contributed by atoms with Gasteiger partial charge in [0.1, 0.15) is 0 Å². The molecule has 0 aromatic rings. The fourth-order valence-corrected chi connectivity index (χ4v) is 2.43. The van der Waals surface area contributed by atoms with Crippen LogP contribution in [0.5, 0.6) is 0 Å². The van der Waals surface area contributed by atoms with Gasteiger partial charge in [-0.05, 0) is 65.6 Å². The monoisotopic (exact) mass is 279 g/mol. The molecule has 0 radical (unpaired) electrons. The molecule has 0 aromatic carbocycles. The molecule has 20 heavy (non-hydrogen) atoms. The van der Waals surface area contributed by atoms with Gasteiger partial charge in [0.15, 0.2) is 0 Å². The molecule has 0 fully saturated rings. The Bertz CT molecular complexity index is 275. The van der Waals surface area contributed by atoms with Crippen molar-refractivity contribution in [3.8, 4) is 0 Å². The predicted molar refractivity (Wildman–Crippen MR) is 93.3 cm³/mol. The molecular weight excluding hydrogens is 242 g/mol. The summed E-state index contributed by atoms with van der Waals surface area (Å²) < 4.78 is 0. The normalized spacial score (nSPS) is 13.3. The van der Waals surface area contributed by atoms with Crippen LogP contribution in [0.25, 0.3) is 0 Å². The van der Waals surface area contributed by atoms with Crippen molar-refractivity contribution in [2.75, 3.05) is 19.6 Å². The number of hydrogen-bond donors (Lipinski definition) is 0. The van der Waals surface area contributed by atoms with Crippen LogP contribution in [0.1, 0.15) is 79.6 Å². The molecule has 0 unspecified atom stereocenters. The fraction of sp³-hybridized carbons (Fsp3) is 0.789. The van der Waals surface area contributed by atoms with Crippen molar-refractivity contribution >= 4 is 0 Å². The van der Waals surface area contributed by atoms with Crippen molar-refractivity contribution < 1.29 is 0 Å².